The maximum absolute atomic E-state index is 14.5. The van der Waals surface area contributed by atoms with E-state index in [0.29, 0.717) is 66.4 Å². The Balaban J connectivity index is 0.000000182. The van der Waals surface area contributed by atoms with Gasteiger partial charge in [0.05, 0.1) is 17.7 Å². The molecule has 14 heteroatoms. The van der Waals surface area contributed by atoms with Crippen LogP contribution in [0.4, 0.5) is 26.3 Å². The van der Waals surface area contributed by atoms with E-state index >= 15 is 0 Å². The highest BCUT2D eigenvalue weighted by atomic mass is 35.5. The van der Waals surface area contributed by atoms with Gasteiger partial charge in [-0.05, 0) is 137 Å². The zero-order valence-electron chi connectivity index (χ0n) is 31.0. The summed E-state index contributed by atoms with van der Waals surface area (Å²) in [5.41, 5.74) is 3.09. The molecule has 0 saturated carbocycles. The fourth-order valence-corrected chi connectivity index (χ4v) is 9.66. The SMILES string of the molecule is CCOC(=O)c1cc(F)cc(-c2ccc(F)c3cc(Cc4cc(F)cc(Cl)c4)sc23)c1.O=C(O)c1cc(F)cc(-c2ccc(F)c3cc(Cc4cc(F)cc(Cl)c4)sc23)c1. The van der Waals surface area contributed by atoms with Gasteiger partial charge < -0.3 is 9.84 Å². The van der Waals surface area contributed by atoms with Gasteiger partial charge >= 0.3 is 11.9 Å². The number of halogens is 8. The van der Waals surface area contributed by atoms with E-state index in [-0.39, 0.29) is 27.8 Å². The lowest BCUT2D eigenvalue weighted by molar-refractivity contribution is 0.0525. The van der Waals surface area contributed by atoms with Crippen molar-refractivity contribution in [3.8, 4) is 22.3 Å². The summed E-state index contributed by atoms with van der Waals surface area (Å²) in [4.78, 5) is 24.9. The number of esters is 1. The lowest BCUT2D eigenvalue weighted by atomic mass is 10.0. The monoisotopic (exact) mass is 892 g/mol. The summed E-state index contributed by atoms with van der Waals surface area (Å²) in [5, 5.41) is 10.5. The van der Waals surface area contributed by atoms with Crippen LogP contribution in [0.1, 0.15) is 48.5 Å². The van der Waals surface area contributed by atoms with Crippen LogP contribution < -0.4 is 0 Å². The van der Waals surface area contributed by atoms with Gasteiger partial charge in [-0.2, -0.15) is 0 Å². The maximum atomic E-state index is 14.5. The van der Waals surface area contributed by atoms with Gasteiger partial charge in [0.25, 0.3) is 0 Å². The number of fused-ring (bicyclic) bond motifs is 2. The van der Waals surface area contributed by atoms with Crippen LogP contribution in [0, 0.1) is 34.9 Å². The number of carboxylic acids is 1. The first kappa shape index (κ1) is 42.5. The van der Waals surface area contributed by atoms with Crippen molar-refractivity contribution in [3.63, 3.8) is 0 Å². The van der Waals surface area contributed by atoms with Crippen LogP contribution in [0.5, 0.6) is 0 Å². The molecule has 304 valence electrons. The second-order valence-corrected chi connectivity index (χ2v) is 16.6. The largest absolute Gasteiger partial charge is 0.478 e. The van der Waals surface area contributed by atoms with Crippen molar-refractivity contribution in [2.45, 2.75) is 19.8 Å². The van der Waals surface area contributed by atoms with Crippen LogP contribution in [-0.2, 0) is 17.6 Å². The molecular weight excluding hydrogens is 866 g/mol. The first-order valence-electron chi connectivity index (χ1n) is 18.0. The number of thiophene rings is 2. The predicted molar refractivity (Wildman–Crippen MR) is 226 cm³/mol. The summed E-state index contributed by atoms with van der Waals surface area (Å²) < 4.78 is 90.5. The van der Waals surface area contributed by atoms with Gasteiger partial charge in [-0.1, -0.05) is 35.3 Å². The molecule has 0 bridgehead atoms. The average Bonchev–Trinajstić information content (AvgIpc) is 3.79. The Hall–Kier alpha value is -5.66. The van der Waals surface area contributed by atoms with Crippen LogP contribution in [0.2, 0.25) is 10.0 Å². The standard InChI is InChI=1S/C24H16ClF3O2S.C22H12ClF3O2S/c1-2-30-24(29)15-8-14(9-18(27)10-15)20-3-4-22(28)21-12-19(31-23(20)21)7-13-5-16(25)11-17(26)6-13;23-14-3-11(4-15(24)9-14)5-17-10-19-20(26)2-1-18(21(19)29-17)12-6-13(22(27)28)8-16(25)7-12/h3-6,8-12H,2,7H2,1H3;1-4,6-10H,5H2,(H,27,28). The number of carboxylic acid groups (broad SMARTS) is 1. The topological polar surface area (TPSA) is 63.6 Å². The number of hydrogen-bond acceptors (Lipinski definition) is 5. The minimum atomic E-state index is -1.25. The fourth-order valence-electron chi connectivity index (χ4n) is 6.69. The van der Waals surface area contributed by atoms with Crippen molar-refractivity contribution in [2.75, 3.05) is 6.61 Å². The molecule has 0 aliphatic heterocycles. The molecular formula is C46H28Cl2F6O4S2. The number of ether oxygens (including phenoxy) is 1. The Morgan fingerprint density at radius 2 is 1.00 bits per heavy atom. The van der Waals surface area contributed by atoms with Crippen LogP contribution >= 0.6 is 45.9 Å². The summed E-state index contributed by atoms with van der Waals surface area (Å²) in [6, 6.07) is 24.9. The molecule has 1 N–H and O–H groups in total. The van der Waals surface area contributed by atoms with Crippen molar-refractivity contribution in [1.29, 1.82) is 0 Å². The molecule has 60 heavy (non-hydrogen) atoms. The molecule has 0 radical (unpaired) electrons. The molecule has 8 aromatic rings. The number of rotatable bonds is 9. The predicted octanol–water partition coefficient (Wildman–Crippen LogP) is 14.3. The van der Waals surface area contributed by atoms with E-state index in [1.807, 2.05) is 0 Å². The molecule has 6 aromatic carbocycles. The van der Waals surface area contributed by atoms with Crippen LogP contribution in [0.25, 0.3) is 42.4 Å². The minimum absolute atomic E-state index is 0.0838. The van der Waals surface area contributed by atoms with E-state index in [9.17, 15) is 41.0 Å². The first-order chi connectivity index (χ1) is 28.6. The van der Waals surface area contributed by atoms with Crippen LogP contribution in [-0.4, -0.2) is 23.7 Å². The molecule has 0 aliphatic carbocycles. The molecule has 0 amide bonds. The van der Waals surface area contributed by atoms with Crippen molar-refractivity contribution in [1.82, 2.24) is 0 Å². The summed E-state index contributed by atoms with van der Waals surface area (Å²) >= 11 is 14.4. The van der Waals surface area contributed by atoms with Gasteiger partial charge in [-0.3, -0.25) is 0 Å². The molecule has 2 aromatic heterocycles. The highest BCUT2D eigenvalue weighted by molar-refractivity contribution is 7.20. The molecule has 0 fully saturated rings. The van der Waals surface area contributed by atoms with E-state index in [4.69, 9.17) is 27.9 Å². The average molecular weight is 894 g/mol. The normalized spacial score (nSPS) is 11.2. The maximum Gasteiger partial charge on any atom is 0.338 e. The lowest BCUT2D eigenvalue weighted by Gasteiger charge is -2.08. The van der Waals surface area contributed by atoms with Crippen LogP contribution in [0.3, 0.4) is 0 Å². The Kier molecular flexibility index (Phi) is 12.7. The van der Waals surface area contributed by atoms with Crippen molar-refractivity contribution < 1.29 is 45.8 Å². The highest BCUT2D eigenvalue weighted by Gasteiger charge is 2.18. The summed E-state index contributed by atoms with van der Waals surface area (Å²) in [6.07, 6.45) is 0.714. The highest BCUT2D eigenvalue weighted by Crippen LogP contribution is 2.40. The molecule has 8 rings (SSSR count). The minimum Gasteiger partial charge on any atom is -0.478 e. The Labute approximate surface area is 356 Å². The third kappa shape index (κ3) is 9.69. The number of carbonyl (C=O) groups is 2. The van der Waals surface area contributed by atoms with Crippen molar-refractivity contribution in [2.24, 2.45) is 0 Å². The zero-order valence-corrected chi connectivity index (χ0v) is 34.2. The molecule has 2 heterocycles. The molecule has 4 nitrogen and oxygen atoms in total. The summed E-state index contributed by atoms with van der Waals surface area (Å²) in [7, 11) is 0. The smallest absolute Gasteiger partial charge is 0.338 e. The second kappa shape index (κ2) is 17.9. The van der Waals surface area contributed by atoms with Gasteiger partial charge in [-0.25, -0.2) is 35.9 Å². The first-order valence-corrected chi connectivity index (χ1v) is 20.4. The number of aromatic carboxylic acids is 1. The Morgan fingerprint density at radius 3 is 1.43 bits per heavy atom. The van der Waals surface area contributed by atoms with E-state index in [1.54, 1.807) is 37.3 Å². The lowest BCUT2D eigenvalue weighted by Crippen LogP contribution is -2.05. The third-order valence-corrected chi connectivity index (χ3v) is 11.9. The molecule has 0 spiro atoms. The van der Waals surface area contributed by atoms with E-state index in [1.165, 1.54) is 89.4 Å². The molecule has 0 aliphatic rings. The Morgan fingerprint density at radius 1 is 0.567 bits per heavy atom. The zero-order chi connectivity index (χ0) is 42.8. The summed E-state index contributed by atoms with van der Waals surface area (Å²) in [6.45, 7) is 1.84. The van der Waals surface area contributed by atoms with Gasteiger partial charge in [0.2, 0.25) is 0 Å². The summed E-state index contributed by atoms with van der Waals surface area (Å²) in [5.74, 6) is -4.93. The van der Waals surface area contributed by atoms with Gasteiger partial charge in [0.1, 0.15) is 34.9 Å². The van der Waals surface area contributed by atoms with Crippen molar-refractivity contribution >= 4 is 78.0 Å². The molecule has 0 saturated heterocycles. The number of carbonyl (C=O) groups excluding carboxylic acids is 1. The number of hydrogen-bond donors (Lipinski definition) is 1. The van der Waals surface area contributed by atoms with E-state index < -0.39 is 46.8 Å². The van der Waals surface area contributed by atoms with Gasteiger partial charge in [0.15, 0.2) is 0 Å². The second-order valence-electron chi connectivity index (χ2n) is 13.5. The Bertz CT molecular complexity index is 2920. The van der Waals surface area contributed by atoms with E-state index in [2.05, 4.69) is 0 Å². The fraction of sp³-hybridized carbons (Fsp3) is 0.0870. The quantitative estimate of drug-likeness (QED) is 0.116. The van der Waals surface area contributed by atoms with Crippen molar-refractivity contribution in [3.05, 3.63) is 186 Å². The van der Waals surface area contributed by atoms with Gasteiger partial charge in [-0.15, -0.1) is 22.7 Å². The van der Waals surface area contributed by atoms with Gasteiger partial charge in [0, 0.05) is 52.8 Å². The molecule has 0 unspecified atom stereocenters. The third-order valence-electron chi connectivity index (χ3n) is 9.14. The number of benzene rings is 6. The van der Waals surface area contributed by atoms with Crippen LogP contribution in [0.15, 0.2) is 109 Å². The molecule has 0 atom stereocenters. The van der Waals surface area contributed by atoms with E-state index in [0.717, 1.165) is 21.9 Å².